The summed E-state index contributed by atoms with van der Waals surface area (Å²) in [6, 6.07) is 6.09. The summed E-state index contributed by atoms with van der Waals surface area (Å²) >= 11 is 0. The van der Waals surface area contributed by atoms with Crippen LogP contribution in [0.5, 0.6) is 5.75 Å². The van der Waals surface area contributed by atoms with Crippen LogP contribution < -0.4 is 4.74 Å². The zero-order valence-corrected chi connectivity index (χ0v) is 16.6. The summed E-state index contributed by atoms with van der Waals surface area (Å²) in [5.74, 6) is 1.28. The number of carbonyl (C=O) groups is 2. The van der Waals surface area contributed by atoms with E-state index in [2.05, 4.69) is 0 Å². The van der Waals surface area contributed by atoms with Crippen molar-refractivity contribution in [3.05, 3.63) is 29.3 Å². The summed E-state index contributed by atoms with van der Waals surface area (Å²) in [5, 5.41) is 0. The monoisotopic (exact) mass is 360 g/mol. The fourth-order valence-electron chi connectivity index (χ4n) is 3.33. The molecule has 1 heterocycles. The number of carbonyl (C=O) groups excluding carboxylic acids is 2. The molecule has 5 heteroatoms. The van der Waals surface area contributed by atoms with Gasteiger partial charge in [0, 0.05) is 38.5 Å². The van der Waals surface area contributed by atoms with Gasteiger partial charge in [0.05, 0.1) is 6.61 Å². The molecule has 1 fully saturated rings. The van der Waals surface area contributed by atoms with Crippen molar-refractivity contribution >= 4 is 11.8 Å². The van der Waals surface area contributed by atoms with Crippen LogP contribution in [0, 0.1) is 19.8 Å². The zero-order valence-electron chi connectivity index (χ0n) is 16.6. The van der Waals surface area contributed by atoms with Gasteiger partial charge in [0.15, 0.2) is 0 Å². The van der Waals surface area contributed by atoms with E-state index in [1.807, 2.05) is 55.7 Å². The Morgan fingerprint density at radius 2 is 1.65 bits per heavy atom. The third-order valence-corrected chi connectivity index (χ3v) is 4.84. The van der Waals surface area contributed by atoms with E-state index in [1.54, 1.807) is 0 Å². The second-order valence-electron chi connectivity index (χ2n) is 7.39. The average Bonchev–Trinajstić information content (AvgIpc) is 2.86. The maximum absolute atomic E-state index is 12.5. The highest BCUT2D eigenvalue weighted by molar-refractivity contribution is 5.79. The minimum Gasteiger partial charge on any atom is -0.493 e. The van der Waals surface area contributed by atoms with Crippen molar-refractivity contribution in [3.8, 4) is 5.75 Å². The molecule has 2 amide bonds. The molecule has 144 valence electrons. The van der Waals surface area contributed by atoms with Gasteiger partial charge in [-0.2, -0.15) is 0 Å². The van der Waals surface area contributed by atoms with Gasteiger partial charge in [0.2, 0.25) is 11.8 Å². The molecule has 0 atom stereocenters. The molecule has 5 nitrogen and oxygen atoms in total. The van der Waals surface area contributed by atoms with Crippen LogP contribution in [-0.2, 0) is 9.59 Å². The van der Waals surface area contributed by atoms with E-state index in [0.29, 0.717) is 32.5 Å². The van der Waals surface area contributed by atoms with E-state index in [1.165, 1.54) is 0 Å². The molecule has 2 rings (SSSR count). The summed E-state index contributed by atoms with van der Waals surface area (Å²) in [6.45, 7) is 11.2. The number of rotatable bonds is 6. The lowest BCUT2D eigenvalue weighted by atomic mass is 10.1. The lowest BCUT2D eigenvalue weighted by Crippen LogP contribution is -2.39. The molecule has 0 saturated carbocycles. The van der Waals surface area contributed by atoms with Gasteiger partial charge < -0.3 is 14.5 Å². The highest BCUT2D eigenvalue weighted by atomic mass is 16.5. The van der Waals surface area contributed by atoms with Gasteiger partial charge in [-0.3, -0.25) is 9.59 Å². The minimum absolute atomic E-state index is 0.0132. The molecule has 1 saturated heterocycles. The highest BCUT2D eigenvalue weighted by Crippen LogP contribution is 2.22. The van der Waals surface area contributed by atoms with Crippen molar-refractivity contribution in [2.24, 2.45) is 5.92 Å². The second-order valence-corrected chi connectivity index (χ2v) is 7.39. The summed E-state index contributed by atoms with van der Waals surface area (Å²) in [5.41, 5.74) is 2.25. The Morgan fingerprint density at radius 1 is 1.04 bits per heavy atom. The van der Waals surface area contributed by atoms with Crippen LogP contribution in [0.25, 0.3) is 0 Å². The second kappa shape index (κ2) is 9.60. The molecule has 0 N–H and O–H groups in total. The van der Waals surface area contributed by atoms with Crippen LogP contribution in [-0.4, -0.2) is 54.4 Å². The lowest BCUT2D eigenvalue weighted by Gasteiger charge is -2.23. The molecule has 1 aliphatic heterocycles. The third kappa shape index (κ3) is 5.48. The van der Waals surface area contributed by atoms with Crippen LogP contribution in [0.2, 0.25) is 0 Å². The Balaban J connectivity index is 1.75. The average molecular weight is 360 g/mol. The van der Waals surface area contributed by atoms with E-state index >= 15 is 0 Å². The van der Waals surface area contributed by atoms with E-state index in [-0.39, 0.29) is 17.7 Å². The maximum atomic E-state index is 12.5. The van der Waals surface area contributed by atoms with Crippen LogP contribution in [0.15, 0.2) is 18.2 Å². The maximum Gasteiger partial charge on any atom is 0.225 e. The van der Waals surface area contributed by atoms with Gasteiger partial charge in [-0.1, -0.05) is 32.0 Å². The Hall–Kier alpha value is -2.04. The fraction of sp³-hybridized carbons (Fsp3) is 0.619. The van der Waals surface area contributed by atoms with Crippen LogP contribution in [0.3, 0.4) is 0 Å². The predicted molar refractivity (Wildman–Crippen MR) is 103 cm³/mol. The van der Waals surface area contributed by atoms with Crippen molar-refractivity contribution in [1.29, 1.82) is 0 Å². The highest BCUT2D eigenvalue weighted by Gasteiger charge is 2.23. The molecule has 0 spiro atoms. The van der Waals surface area contributed by atoms with E-state index in [9.17, 15) is 9.59 Å². The number of nitrogens with zero attached hydrogens (tertiary/aromatic N) is 2. The summed E-state index contributed by atoms with van der Waals surface area (Å²) in [7, 11) is 0. The topological polar surface area (TPSA) is 49.9 Å². The largest absolute Gasteiger partial charge is 0.493 e. The van der Waals surface area contributed by atoms with Crippen LogP contribution in [0.4, 0.5) is 0 Å². The Morgan fingerprint density at radius 3 is 2.31 bits per heavy atom. The first kappa shape index (κ1) is 20.3. The lowest BCUT2D eigenvalue weighted by molar-refractivity contribution is -0.135. The van der Waals surface area contributed by atoms with E-state index < -0.39 is 0 Å². The Kier molecular flexibility index (Phi) is 7.49. The first-order valence-corrected chi connectivity index (χ1v) is 9.65. The minimum atomic E-state index is 0.0132. The first-order chi connectivity index (χ1) is 12.4. The molecular formula is C21H32N2O3. The molecule has 1 aliphatic rings. The normalized spacial score (nSPS) is 15.1. The van der Waals surface area contributed by atoms with Crippen molar-refractivity contribution in [1.82, 2.24) is 9.80 Å². The molecule has 0 aliphatic carbocycles. The van der Waals surface area contributed by atoms with Crippen molar-refractivity contribution < 1.29 is 14.3 Å². The Labute approximate surface area is 157 Å². The third-order valence-electron chi connectivity index (χ3n) is 4.84. The quantitative estimate of drug-likeness (QED) is 0.732. The number of amides is 2. The summed E-state index contributed by atoms with van der Waals surface area (Å²) in [4.78, 5) is 28.4. The molecular weight excluding hydrogens is 328 g/mol. The smallest absolute Gasteiger partial charge is 0.225 e. The number of para-hydroxylation sites is 1. The predicted octanol–water partition coefficient (Wildman–Crippen LogP) is 3.18. The van der Waals surface area contributed by atoms with Gasteiger partial charge in [-0.15, -0.1) is 0 Å². The fourth-order valence-corrected chi connectivity index (χ4v) is 3.33. The van der Waals surface area contributed by atoms with Gasteiger partial charge in [0.1, 0.15) is 5.75 Å². The van der Waals surface area contributed by atoms with Crippen LogP contribution >= 0.6 is 0 Å². The zero-order chi connectivity index (χ0) is 19.1. The SMILES string of the molecule is Cc1cccc(C)c1OCCCC(=O)N1CCCN(C(=O)C(C)C)CC1. The summed E-state index contributed by atoms with van der Waals surface area (Å²) < 4.78 is 5.88. The molecule has 1 aromatic carbocycles. The van der Waals surface area contributed by atoms with Gasteiger partial charge in [-0.25, -0.2) is 0 Å². The molecule has 1 aromatic rings. The number of aryl methyl sites for hydroxylation is 2. The molecule has 0 unspecified atom stereocenters. The van der Waals surface area contributed by atoms with Gasteiger partial charge in [-0.05, 0) is 37.8 Å². The molecule has 0 aromatic heterocycles. The van der Waals surface area contributed by atoms with E-state index in [0.717, 1.165) is 36.4 Å². The first-order valence-electron chi connectivity index (χ1n) is 9.65. The van der Waals surface area contributed by atoms with Crippen molar-refractivity contribution in [3.63, 3.8) is 0 Å². The number of benzene rings is 1. The molecule has 0 radical (unpaired) electrons. The standard InChI is InChI=1S/C21H32N2O3/c1-16(2)21(25)23-12-7-11-22(13-14-23)19(24)10-6-15-26-20-17(3)8-5-9-18(20)4/h5,8-9,16H,6-7,10-15H2,1-4H3. The molecule has 26 heavy (non-hydrogen) atoms. The van der Waals surface area contributed by atoms with Crippen LogP contribution in [0.1, 0.15) is 44.2 Å². The van der Waals surface area contributed by atoms with Crippen molar-refractivity contribution in [2.45, 2.75) is 47.0 Å². The summed E-state index contributed by atoms with van der Waals surface area (Å²) in [6.07, 6.45) is 2.05. The number of hydrogen-bond donors (Lipinski definition) is 0. The Bertz CT molecular complexity index is 607. The van der Waals surface area contributed by atoms with Gasteiger partial charge >= 0.3 is 0 Å². The van der Waals surface area contributed by atoms with E-state index in [4.69, 9.17) is 4.74 Å². The molecule has 0 bridgehead atoms. The van der Waals surface area contributed by atoms with Crippen molar-refractivity contribution in [2.75, 3.05) is 32.8 Å². The number of hydrogen-bond acceptors (Lipinski definition) is 3. The number of ether oxygens (including phenoxy) is 1. The van der Waals surface area contributed by atoms with Gasteiger partial charge in [0.25, 0.3) is 0 Å².